The van der Waals surface area contributed by atoms with Crippen molar-refractivity contribution >= 4 is 17.8 Å². The highest BCUT2D eigenvalue weighted by molar-refractivity contribution is 5.99. The van der Waals surface area contributed by atoms with Gasteiger partial charge in [0.05, 0.1) is 6.54 Å². The highest BCUT2D eigenvalue weighted by atomic mass is 16.6. The van der Waals surface area contributed by atoms with Crippen molar-refractivity contribution in [3.63, 3.8) is 0 Å². The fourth-order valence-corrected chi connectivity index (χ4v) is 3.75. The monoisotopic (exact) mass is 402 g/mol. The van der Waals surface area contributed by atoms with Crippen LogP contribution < -0.4 is 10.1 Å². The fraction of sp³-hybridized carbons (Fsp3) is 0.591. The third kappa shape index (κ3) is 6.29. The highest BCUT2D eigenvalue weighted by Gasteiger charge is 2.28. The Kier molecular flexibility index (Phi) is 6.57. The number of benzene rings is 1. The Balaban J connectivity index is 1.47. The van der Waals surface area contributed by atoms with Gasteiger partial charge < -0.3 is 9.47 Å². The molecule has 2 heterocycles. The Bertz CT molecular complexity index is 745. The first-order valence-electron chi connectivity index (χ1n) is 10.2. The van der Waals surface area contributed by atoms with Crippen LogP contribution in [0.15, 0.2) is 24.3 Å². The molecule has 0 bridgehead atoms. The van der Waals surface area contributed by atoms with Crippen LogP contribution >= 0.6 is 0 Å². The molecular formula is C22H30N2O5. The maximum absolute atomic E-state index is 12.0. The van der Waals surface area contributed by atoms with Gasteiger partial charge in [0.2, 0.25) is 5.91 Å². The van der Waals surface area contributed by atoms with Gasteiger partial charge in [0, 0.05) is 12.8 Å². The van der Waals surface area contributed by atoms with Crippen LogP contribution in [0.3, 0.4) is 0 Å². The number of piperidine rings is 2. The molecule has 1 N–H and O–H groups in total. The van der Waals surface area contributed by atoms with Crippen LogP contribution in [0.5, 0.6) is 5.75 Å². The van der Waals surface area contributed by atoms with Gasteiger partial charge in [0.25, 0.3) is 5.91 Å². The van der Waals surface area contributed by atoms with Gasteiger partial charge in [-0.1, -0.05) is 12.1 Å². The smallest absolute Gasteiger partial charge is 0.320 e. The quantitative estimate of drug-likeness (QED) is 0.601. The number of hydrogen-bond donors (Lipinski definition) is 1. The number of likely N-dealkylation sites (tertiary alicyclic amines) is 1. The van der Waals surface area contributed by atoms with Gasteiger partial charge in [-0.15, -0.1) is 0 Å². The zero-order valence-corrected chi connectivity index (χ0v) is 17.4. The third-order valence-corrected chi connectivity index (χ3v) is 5.18. The molecule has 7 nitrogen and oxygen atoms in total. The third-order valence-electron chi connectivity index (χ3n) is 5.18. The predicted molar refractivity (Wildman–Crippen MR) is 108 cm³/mol. The van der Waals surface area contributed by atoms with Crippen LogP contribution in [0, 0.1) is 0 Å². The summed E-state index contributed by atoms with van der Waals surface area (Å²) in [6.07, 6.45) is 2.06. The second-order valence-corrected chi connectivity index (χ2v) is 8.76. The van der Waals surface area contributed by atoms with E-state index in [1.165, 1.54) is 5.56 Å². The predicted octanol–water partition coefficient (Wildman–Crippen LogP) is 2.39. The Morgan fingerprint density at radius 1 is 1.10 bits per heavy atom. The van der Waals surface area contributed by atoms with Crippen molar-refractivity contribution in [2.24, 2.45) is 0 Å². The van der Waals surface area contributed by atoms with E-state index >= 15 is 0 Å². The van der Waals surface area contributed by atoms with Crippen molar-refractivity contribution < 1.29 is 23.9 Å². The van der Waals surface area contributed by atoms with Crippen LogP contribution in [0.25, 0.3) is 0 Å². The lowest BCUT2D eigenvalue weighted by molar-refractivity contribution is -0.156. The van der Waals surface area contributed by atoms with Crippen molar-refractivity contribution in [1.29, 1.82) is 0 Å². The summed E-state index contributed by atoms with van der Waals surface area (Å²) in [6.45, 7) is 7.69. The molecule has 1 atom stereocenters. The van der Waals surface area contributed by atoms with E-state index in [2.05, 4.69) is 10.2 Å². The number of nitrogens with one attached hydrogen (secondary N) is 1. The molecule has 2 aliphatic heterocycles. The lowest BCUT2D eigenvalue weighted by atomic mass is 9.89. The number of rotatable bonds is 5. The number of carbonyl (C=O) groups excluding carboxylic acids is 3. The Labute approximate surface area is 171 Å². The minimum Gasteiger partial charge on any atom is -0.481 e. The van der Waals surface area contributed by atoms with Crippen LogP contribution in [0.1, 0.15) is 57.9 Å². The van der Waals surface area contributed by atoms with Gasteiger partial charge in [0.1, 0.15) is 11.4 Å². The average molecular weight is 402 g/mol. The summed E-state index contributed by atoms with van der Waals surface area (Å²) in [7, 11) is 0. The zero-order chi connectivity index (χ0) is 21.0. The molecule has 0 aromatic heterocycles. The average Bonchev–Trinajstić information content (AvgIpc) is 2.64. The molecule has 0 radical (unpaired) electrons. The number of carbonyl (C=O) groups is 3. The van der Waals surface area contributed by atoms with E-state index in [1.807, 2.05) is 45.0 Å². The molecule has 2 aliphatic rings. The number of ether oxygens (including phenoxy) is 2. The lowest BCUT2D eigenvalue weighted by Crippen LogP contribution is -2.46. The molecule has 1 aromatic rings. The molecule has 2 fully saturated rings. The fourth-order valence-electron chi connectivity index (χ4n) is 3.75. The van der Waals surface area contributed by atoms with Gasteiger partial charge in [0.15, 0.2) is 6.10 Å². The standard InChI is InChI=1S/C22H30N2O5/c1-22(2,3)29-20(26)14-24-12-10-16(11-13-24)15-4-6-17(7-5-15)28-18-8-9-19(25)23-21(18)27/h4-7,16,18H,8-14H2,1-3H3,(H,23,25,27)/t18-/m0/s1. The lowest BCUT2D eigenvalue weighted by Gasteiger charge is -2.32. The minimum atomic E-state index is -0.616. The van der Waals surface area contributed by atoms with Gasteiger partial charge in [-0.25, -0.2) is 0 Å². The Hall–Kier alpha value is -2.41. The molecule has 3 rings (SSSR count). The minimum absolute atomic E-state index is 0.175. The van der Waals surface area contributed by atoms with Gasteiger partial charge in [-0.3, -0.25) is 24.6 Å². The number of hydrogen-bond acceptors (Lipinski definition) is 6. The zero-order valence-electron chi connectivity index (χ0n) is 17.4. The molecule has 0 saturated carbocycles. The molecule has 0 unspecified atom stereocenters. The number of imide groups is 1. The summed E-state index contributed by atoms with van der Waals surface area (Å²) < 4.78 is 11.1. The number of amides is 2. The molecular weight excluding hydrogens is 372 g/mol. The summed E-state index contributed by atoms with van der Waals surface area (Å²) in [4.78, 5) is 37.2. The molecule has 2 amide bonds. The molecule has 2 saturated heterocycles. The number of nitrogens with zero attached hydrogens (tertiary/aromatic N) is 1. The SMILES string of the molecule is CC(C)(C)OC(=O)CN1CCC(c2ccc(O[C@H]3CCC(=O)NC3=O)cc2)CC1. The second kappa shape index (κ2) is 8.95. The van der Waals surface area contributed by atoms with E-state index in [9.17, 15) is 14.4 Å². The Morgan fingerprint density at radius 3 is 2.34 bits per heavy atom. The van der Waals surface area contributed by atoms with Crippen molar-refractivity contribution in [3.05, 3.63) is 29.8 Å². The van der Waals surface area contributed by atoms with E-state index in [1.54, 1.807) is 0 Å². The van der Waals surface area contributed by atoms with Gasteiger partial charge in [-0.05, 0) is 70.3 Å². The maximum atomic E-state index is 12.0. The summed E-state index contributed by atoms with van der Waals surface area (Å²) in [5.74, 6) is 0.275. The largest absolute Gasteiger partial charge is 0.481 e. The first-order chi connectivity index (χ1) is 13.7. The molecule has 0 aliphatic carbocycles. The van der Waals surface area contributed by atoms with E-state index in [0.29, 0.717) is 31.1 Å². The van der Waals surface area contributed by atoms with Gasteiger partial charge in [-0.2, -0.15) is 0 Å². The van der Waals surface area contributed by atoms with E-state index in [4.69, 9.17) is 9.47 Å². The van der Waals surface area contributed by atoms with E-state index in [0.717, 1.165) is 25.9 Å². The second-order valence-electron chi connectivity index (χ2n) is 8.76. The van der Waals surface area contributed by atoms with Gasteiger partial charge >= 0.3 is 5.97 Å². The molecule has 7 heteroatoms. The van der Waals surface area contributed by atoms with Crippen LogP contribution in [0.4, 0.5) is 0 Å². The van der Waals surface area contributed by atoms with E-state index in [-0.39, 0.29) is 17.8 Å². The first-order valence-corrected chi connectivity index (χ1v) is 10.2. The van der Waals surface area contributed by atoms with Crippen LogP contribution in [-0.2, 0) is 19.1 Å². The maximum Gasteiger partial charge on any atom is 0.320 e. The summed E-state index contributed by atoms with van der Waals surface area (Å²) in [5, 5.41) is 2.30. The topological polar surface area (TPSA) is 84.9 Å². The molecule has 0 spiro atoms. The first kappa shape index (κ1) is 21.3. The summed E-state index contributed by atoms with van der Waals surface area (Å²) in [6, 6.07) is 7.84. The Morgan fingerprint density at radius 2 is 1.76 bits per heavy atom. The number of esters is 1. The molecule has 1 aromatic carbocycles. The van der Waals surface area contributed by atoms with Crippen LogP contribution in [-0.4, -0.2) is 54.0 Å². The van der Waals surface area contributed by atoms with Crippen molar-refractivity contribution in [2.75, 3.05) is 19.6 Å². The molecule has 29 heavy (non-hydrogen) atoms. The normalized spacial score (nSPS) is 21.6. The molecule has 158 valence electrons. The summed E-state index contributed by atoms with van der Waals surface area (Å²) >= 11 is 0. The summed E-state index contributed by atoms with van der Waals surface area (Å²) in [5.41, 5.74) is 0.782. The van der Waals surface area contributed by atoms with Crippen molar-refractivity contribution in [3.8, 4) is 5.75 Å². The van der Waals surface area contributed by atoms with Crippen molar-refractivity contribution in [1.82, 2.24) is 10.2 Å². The van der Waals surface area contributed by atoms with Crippen molar-refractivity contribution in [2.45, 2.75) is 64.1 Å². The van der Waals surface area contributed by atoms with Crippen LogP contribution in [0.2, 0.25) is 0 Å². The van der Waals surface area contributed by atoms with E-state index < -0.39 is 11.7 Å². The highest BCUT2D eigenvalue weighted by Crippen LogP contribution is 2.29.